The standard InChI is InChI=1S/C30H43N3O3/c1-5-36-27-12-7-6-11-25(27)17-20-31-28(34)13-14-29(35)32-26-15-18-30(19-16-26,33(3)4)22-24-10-8-9-23(2)21-24/h6-12,21,26H,5,13-20,22H2,1-4H3,(H,31,34)(H,32,35). The van der Waals surface area contributed by atoms with Crippen LogP contribution >= 0.6 is 0 Å². The number of amides is 2. The molecule has 0 bridgehead atoms. The average molecular weight is 494 g/mol. The van der Waals surface area contributed by atoms with Crippen molar-refractivity contribution in [2.24, 2.45) is 0 Å². The number of hydrogen-bond acceptors (Lipinski definition) is 4. The predicted molar refractivity (Wildman–Crippen MR) is 145 cm³/mol. The quantitative estimate of drug-likeness (QED) is 0.459. The molecule has 2 N–H and O–H groups in total. The SMILES string of the molecule is CCOc1ccccc1CCNC(=O)CCC(=O)NC1CCC(Cc2cccc(C)c2)(N(C)C)CC1. The first-order chi connectivity index (χ1) is 17.3. The van der Waals surface area contributed by atoms with Crippen LogP contribution in [0.15, 0.2) is 48.5 Å². The molecule has 0 radical (unpaired) electrons. The van der Waals surface area contributed by atoms with Crippen LogP contribution in [0.25, 0.3) is 0 Å². The van der Waals surface area contributed by atoms with Gasteiger partial charge in [-0.05, 0) is 83.7 Å². The summed E-state index contributed by atoms with van der Waals surface area (Å²) in [5.41, 5.74) is 3.86. The Kier molecular flexibility index (Phi) is 10.4. The first-order valence-electron chi connectivity index (χ1n) is 13.3. The summed E-state index contributed by atoms with van der Waals surface area (Å²) in [5.74, 6) is 0.735. The second kappa shape index (κ2) is 13.4. The van der Waals surface area contributed by atoms with Crippen molar-refractivity contribution < 1.29 is 14.3 Å². The lowest BCUT2D eigenvalue weighted by Crippen LogP contribution is -2.52. The van der Waals surface area contributed by atoms with Crippen LogP contribution in [-0.4, -0.2) is 55.5 Å². The summed E-state index contributed by atoms with van der Waals surface area (Å²) >= 11 is 0. The van der Waals surface area contributed by atoms with Gasteiger partial charge in [0.25, 0.3) is 0 Å². The van der Waals surface area contributed by atoms with Gasteiger partial charge in [0.05, 0.1) is 6.61 Å². The lowest BCUT2D eigenvalue weighted by Gasteiger charge is -2.45. The van der Waals surface area contributed by atoms with Gasteiger partial charge < -0.3 is 20.3 Å². The summed E-state index contributed by atoms with van der Waals surface area (Å²) in [6.45, 7) is 5.24. The molecule has 0 aromatic heterocycles. The molecule has 0 aliphatic heterocycles. The number of para-hydroxylation sites is 1. The Balaban J connectivity index is 1.38. The molecule has 1 aliphatic rings. The normalized spacial score (nSPS) is 19.6. The zero-order valence-electron chi connectivity index (χ0n) is 22.4. The number of ether oxygens (including phenoxy) is 1. The smallest absolute Gasteiger partial charge is 0.220 e. The number of aryl methyl sites for hydroxylation is 1. The molecule has 1 aliphatic carbocycles. The van der Waals surface area contributed by atoms with Crippen molar-refractivity contribution >= 4 is 11.8 Å². The van der Waals surface area contributed by atoms with E-state index in [-0.39, 0.29) is 36.2 Å². The van der Waals surface area contributed by atoms with Gasteiger partial charge in [0, 0.05) is 31.0 Å². The van der Waals surface area contributed by atoms with Crippen molar-refractivity contribution in [1.29, 1.82) is 0 Å². The lowest BCUT2D eigenvalue weighted by molar-refractivity contribution is -0.127. The Morgan fingerprint density at radius 3 is 2.44 bits per heavy atom. The number of likely N-dealkylation sites (N-methyl/N-ethyl adjacent to an activating group) is 1. The third-order valence-corrected chi connectivity index (χ3v) is 7.41. The van der Waals surface area contributed by atoms with Crippen LogP contribution in [0, 0.1) is 6.92 Å². The zero-order chi connectivity index (χ0) is 26.0. The Bertz CT molecular complexity index is 996. The Labute approximate surface area is 216 Å². The maximum atomic E-state index is 12.5. The highest BCUT2D eigenvalue weighted by Gasteiger charge is 2.37. The Hall–Kier alpha value is -2.86. The van der Waals surface area contributed by atoms with E-state index in [1.165, 1.54) is 11.1 Å². The second-order valence-corrected chi connectivity index (χ2v) is 10.3. The Morgan fingerprint density at radius 2 is 1.75 bits per heavy atom. The molecule has 6 heteroatoms. The molecule has 3 rings (SSSR count). The van der Waals surface area contributed by atoms with Crippen molar-refractivity contribution in [3.05, 3.63) is 65.2 Å². The molecule has 1 saturated carbocycles. The number of carbonyl (C=O) groups excluding carboxylic acids is 2. The van der Waals surface area contributed by atoms with E-state index in [1.54, 1.807) is 0 Å². The molecule has 0 heterocycles. The highest BCUT2D eigenvalue weighted by Crippen LogP contribution is 2.35. The summed E-state index contributed by atoms with van der Waals surface area (Å²) in [5, 5.41) is 6.10. The van der Waals surface area contributed by atoms with Gasteiger partial charge in [0.1, 0.15) is 5.75 Å². The fourth-order valence-corrected chi connectivity index (χ4v) is 5.24. The van der Waals surface area contributed by atoms with E-state index in [0.29, 0.717) is 19.6 Å². The van der Waals surface area contributed by atoms with Crippen LogP contribution in [0.5, 0.6) is 5.75 Å². The Morgan fingerprint density at radius 1 is 1.03 bits per heavy atom. The molecular weight excluding hydrogens is 450 g/mol. The minimum Gasteiger partial charge on any atom is -0.494 e. The summed E-state index contributed by atoms with van der Waals surface area (Å²) < 4.78 is 5.64. The summed E-state index contributed by atoms with van der Waals surface area (Å²) in [4.78, 5) is 27.2. The third kappa shape index (κ3) is 8.09. The van der Waals surface area contributed by atoms with Crippen molar-refractivity contribution in [3.8, 4) is 5.75 Å². The number of benzene rings is 2. The highest BCUT2D eigenvalue weighted by atomic mass is 16.5. The first-order valence-corrected chi connectivity index (χ1v) is 13.3. The van der Waals surface area contributed by atoms with Crippen molar-refractivity contribution in [2.75, 3.05) is 27.2 Å². The molecule has 6 nitrogen and oxygen atoms in total. The maximum Gasteiger partial charge on any atom is 0.220 e. The van der Waals surface area contributed by atoms with Gasteiger partial charge in [-0.15, -0.1) is 0 Å². The van der Waals surface area contributed by atoms with E-state index in [2.05, 4.69) is 60.8 Å². The van der Waals surface area contributed by atoms with Crippen LogP contribution in [-0.2, 0) is 22.4 Å². The van der Waals surface area contributed by atoms with E-state index in [4.69, 9.17) is 4.74 Å². The van der Waals surface area contributed by atoms with E-state index < -0.39 is 0 Å². The van der Waals surface area contributed by atoms with Crippen molar-refractivity contribution in [1.82, 2.24) is 15.5 Å². The van der Waals surface area contributed by atoms with Crippen LogP contribution in [0.2, 0.25) is 0 Å². The molecule has 2 aromatic carbocycles. The number of hydrogen-bond donors (Lipinski definition) is 2. The third-order valence-electron chi connectivity index (χ3n) is 7.41. The molecule has 2 aromatic rings. The van der Waals surface area contributed by atoms with Crippen molar-refractivity contribution in [3.63, 3.8) is 0 Å². The molecule has 0 atom stereocenters. The topological polar surface area (TPSA) is 70.7 Å². The maximum absolute atomic E-state index is 12.5. The minimum atomic E-state index is -0.0903. The van der Waals surface area contributed by atoms with E-state index >= 15 is 0 Å². The highest BCUT2D eigenvalue weighted by molar-refractivity contribution is 5.83. The number of rotatable bonds is 12. The van der Waals surface area contributed by atoms with Crippen LogP contribution in [0.1, 0.15) is 62.1 Å². The van der Waals surface area contributed by atoms with Gasteiger partial charge in [0.2, 0.25) is 11.8 Å². The fraction of sp³-hybridized carbons (Fsp3) is 0.533. The number of nitrogens with one attached hydrogen (secondary N) is 2. The van der Waals surface area contributed by atoms with Crippen LogP contribution in [0.3, 0.4) is 0 Å². The largest absolute Gasteiger partial charge is 0.494 e. The molecule has 36 heavy (non-hydrogen) atoms. The van der Waals surface area contributed by atoms with Crippen LogP contribution in [0.4, 0.5) is 0 Å². The monoisotopic (exact) mass is 493 g/mol. The number of nitrogens with zero attached hydrogens (tertiary/aromatic N) is 1. The van der Waals surface area contributed by atoms with E-state index in [1.807, 2.05) is 31.2 Å². The van der Waals surface area contributed by atoms with E-state index in [9.17, 15) is 9.59 Å². The zero-order valence-corrected chi connectivity index (χ0v) is 22.4. The molecule has 0 saturated heterocycles. The predicted octanol–water partition coefficient (Wildman–Crippen LogP) is 4.43. The van der Waals surface area contributed by atoms with Gasteiger partial charge in [0.15, 0.2) is 0 Å². The molecular formula is C30H43N3O3. The molecule has 196 valence electrons. The molecule has 1 fully saturated rings. The summed E-state index contributed by atoms with van der Waals surface area (Å²) in [7, 11) is 4.34. The van der Waals surface area contributed by atoms with Gasteiger partial charge in [-0.2, -0.15) is 0 Å². The van der Waals surface area contributed by atoms with Gasteiger partial charge in [-0.3, -0.25) is 9.59 Å². The first kappa shape index (κ1) is 27.7. The fourth-order valence-electron chi connectivity index (χ4n) is 5.24. The molecule has 0 unspecified atom stereocenters. The summed E-state index contributed by atoms with van der Waals surface area (Å²) in [6.07, 6.45) is 6.16. The van der Waals surface area contributed by atoms with Crippen LogP contribution < -0.4 is 15.4 Å². The van der Waals surface area contributed by atoms with Crippen molar-refractivity contribution in [2.45, 2.75) is 76.8 Å². The van der Waals surface area contributed by atoms with Gasteiger partial charge >= 0.3 is 0 Å². The average Bonchev–Trinajstić information content (AvgIpc) is 2.85. The molecule has 2 amide bonds. The summed E-state index contributed by atoms with van der Waals surface area (Å²) in [6, 6.07) is 16.8. The van der Waals surface area contributed by atoms with Gasteiger partial charge in [-0.1, -0.05) is 48.0 Å². The number of carbonyl (C=O) groups is 2. The minimum absolute atomic E-state index is 0.0344. The van der Waals surface area contributed by atoms with Gasteiger partial charge in [-0.25, -0.2) is 0 Å². The second-order valence-electron chi connectivity index (χ2n) is 10.3. The van der Waals surface area contributed by atoms with E-state index in [0.717, 1.165) is 43.4 Å². The molecule has 0 spiro atoms. The lowest BCUT2D eigenvalue weighted by atomic mass is 9.74.